The molecule has 0 fully saturated rings. The van der Waals surface area contributed by atoms with Crippen LogP contribution in [0, 0.1) is 24.3 Å². The van der Waals surface area contributed by atoms with Crippen LogP contribution >= 0.6 is 33.9 Å². The van der Waals surface area contributed by atoms with Crippen LogP contribution in [-0.4, -0.2) is 35.9 Å². The van der Waals surface area contributed by atoms with Crippen molar-refractivity contribution in [3.63, 3.8) is 0 Å². The maximum absolute atomic E-state index is 14.2. The second-order valence-electron chi connectivity index (χ2n) is 10.0. The monoisotopic (exact) mass is 697 g/mol. The van der Waals surface area contributed by atoms with Gasteiger partial charge in [-0.2, -0.15) is 0 Å². The third-order valence-electron chi connectivity index (χ3n) is 7.42. The van der Waals surface area contributed by atoms with Gasteiger partial charge >= 0.3 is 5.97 Å². The number of fused-ring (bicyclic) bond motifs is 1. The molecule has 8 nitrogen and oxygen atoms in total. The number of methoxy groups -OCH3 is 2. The Balaban J connectivity index is 1.73. The van der Waals surface area contributed by atoms with E-state index in [9.17, 15) is 9.59 Å². The van der Waals surface area contributed by atoms with Gasteiger partial charge in [-0.05, 0) is 111 Å². The Hall–Kier alpha value is -3.64. The Morgan fingerprint density at radius 3 is 2.50 bits per heavy atom. The molecule has 0 saturated heterocycles. The molecule has 1 aliphatic heterocycles. The van der Waals surface area contributed by atoms with Crippen LogP contribution in [0.1, 0.15) is 48.0 Å². The van der Waals surface area contributed by atoms with Gasteiger partial charge in [-0.15, -0.1) is 0 Å². The maximum Gasteiger partial charge on any atom is 0.338 e. The van der Waals surface area contributed by atoms with E-state index in [-0.39, 0.29) is 17.7 Å². The van der Waals surface area contributed by atoms with Crippen LogP contribution in [0.2, 0.25) is 0 Å². The average molecular weight is 698 g/mol. The van der Waals surface area contributed by atoms with Crippen molar-refractivity contribution in [3.8, 4) is 17.2 Å². The lowest BCUT2D eigenvalue weighted by Gasteiger charge is -2.26. The number of esters is 1. The number of nitrogens with zero attached hydrogens (tertiary/aromatic N) is 3. The molecule has 0 spiro atoms. The molecule has 0 N–H and O–H groups in total. The molecular formula is C32H32IN3O5S. The minimum Gasteiger partial charge on any atom is -0.497 e. The molecule has 0 unspecified atom stereocenters. The summed E-state index contributed by atoms with van der Waals surface area (Å²) in [7, 11) is 3.12. The van der Waals surface area contributed by atoms with E-state index in [0.717, 1.165) is 22.6 Å². The molecule has 4 aromatic rings. The summed E-state index contributed by atoms with van der Waals surface area (Å²) in [5, 5.41) is 0. The van der Waals surface area contributed by atoms with Crippen molar-refractivity contribution in [1.82, 2.24) is 9.13 Å². The molecular weight excluding hydrogens is 665 g/mol. The zero-order valence-electron chi connectivity index (χ0n) is 24.6. The van der Waals surface area contributed by atoms with Gasteiger partial charge in [0.2, 0.25) is 0 Å². The fourth-order valence-electron chi connectivity index (χ4n) is 5.33. The summed E-state index contributed by atoms with van der Waals surface area (Å²) in [5.41, 5.74) is 6.44. The summed E-state index contributed by atoms with van der Waals surface area (Å²) < 4.78 is 22.1. The predicted molar refractivity (Wildman–Crippen MR) is 173 cm³/mol. The number of carbonyl (C=O) groups is 1. The Bertz CT molecular complexity index is 1930. The first-order valence-electron chi connectivity index (χ1n) is 13.5. The molecule has 0 saturated carbocycles. The lowest BCUT2D eigenvalue weighted by molar-refractivity contribution is -0.139. The summed E-state index contributed by atoms with van der Waals surface area (Å²) in [6.07, 6.45) is 1.91. The lowest BCUT2D eigenvalue weighted by Crippen LogP contribution is -2.40. The highest BCUT2D eigenvalue weighted by Gasteiger charge is 2.35. The van der Waals surface area contributed by atoms with E-state index in [4.69, 9.17) is 19.2 Å². The summed E-state index contributed by atoms with van der Waals surface area (Å²) in [4.78, 5) is 32.7. The van der Waals surface area contributed by atoms with E-state index in [1.165, 1.54) is 20.5 Å². The number of thiazole rings is 1. The molecule has 0 radical (unpaired) electrons. The number of aryl methyl sites for hydroxylation is 2. The van der Waals surface area contributed by atoms with Crippen LogP contribution in [0.5, 0.6) is 11.5 Å². The Kier molecular flexibility index (Phi) is 8.47. The van der Waals surface area contributed by atoms with Gasteiger partial charge < -0.3 is 18.8 Å². The summed E-state index contributed by atoms with van der Waals surface area (Å²) in [6, 6.07) is 13.0. The number of carbonyl (C=O) groups excluding carboxylic acids is 1. The highest BCUT2D eigenvalue weighted by Crippen LogP contribution is 2.38. The van der Waals surface area contributed by atoms with Crippen molar-refractivity contribution in [2.75, 3.05) is 20.8 Å². The zero-order valence-corrected chi connectivity index (χ0v) is 27.5. The van der Waals surface area contributed by atoms with E-state index in [2.05, 4.69) is 72.2 Å². The number of benzene rings is 2. The van der Waals surface area contributed by atoms with E-state index in [0.29, 0.717) is 32.1 Å². The topological polar surface area (TPSA) is 84.1 Å². The second-order valence-corrected chi connectivity index (χ2v) is 12.2. The van der Waals surface area contributed by atoms with Crippen molar-refractivity contribution in [3.05, 3.63) is 105 Å². The minimum absolute atomic E-state index is 0.192. The quantitative estimate of drug-likeness (QED) is 0.198. The molecule has 3 heterocycles. The van der Waals surface area contributed by atoms with Gasteiger partial charge in [0.25, 0.3) is 5.56 Å². The van der Waals surface area contributed by atoms with Gasteiger partial charge in [0, 0.05) is 26.2 Å². The molecule has 0 amide bonds. The highest BCUT2D eigenvalue weighted by atomic mass is 127. The number of ether oxygens (including phenoxy) is 3. The zero-order chi connectivity index (χ0) is 30.3. The van der Waals surface area contributed by atoms with Gasteiger partial charge in [-0.1, -0.05) is 17.4 Å². The normalized spacial score (nSPS) is 15.0. The standard InChI is InChI=1S/C32H32IN3O5S/c1-8-41-31(38)28-19(4)34-32-36(29(28)24-16-23(39-6)11-12-26(24)40-7)30(37)27(42-32)14-21-13-18(3)35(20(21)5)22-10-9-17(2)25(33)15-22/h9-16,29H,8H2,1-7H3/b27-14+/t29-/m1/s1. The van der Waals surface area contributed by atoms with E-state index >= 15 is 0 Å². The van der Waals surface area contributed by atoms with Gasteiger partial charge in [-0.3, -0.25) is 9.36 Å². The largest absolute Gasteiger partial charge is 0.497 e. The highest BCUT2D eigenvalue weighted by molar-refractivity contribution is 14.1. The van der Waals surface area contributed by atoms with Gasteiger partial charge in [0.15, 0.2) is 4.80 Å². The molecule has 1 aliphatic rings. The van der Waals surface area contributed by atoms with Gasteiger partial charge in [-0.25, -0.2) is 9.79 Å². The van der Waals surface area contributed by atoms with E-state index in [1.807, 2.05) is 6.08 Å². The van der Waals surface area contributed by atoms with Gasteiger partial charge in [0.1, 0.15) is 17.5 Å². The molecule has 1 atom stereocenters. The first-order valence-corrected chi connectivity index (χ1v) is 15.4. The molecule has 5 rings (SSSR count). The SMILES string of the molecule is CCOC(=O)C1=C(C)N=c2s/c(=C/c3cc(C)n(-c4ccc(C)c(I)c4)c3C)c(=O)n2[C@@H]1c1cc(OC)ccc1OC. The fraction of sp³-hybridized carbons (Fsp3) is 0.281. The number of halogens is 1. The number of hydrogen-bond donors (Lipinski definition) is 0. The molecule has 2 aromatic carbocycles. The molecule has 42 heavy (non-hydrogen) atoms. The molecule has 0 bridgehead atoms. The van der Waals surface area contributed by atoms with Crippen LogP contribution in [0.4, 0.5) is 0 Å². The van der Waals surface area contributed by atoms with Crippen LogP contribution in [0.25, 0.3) is 11.8 Å². The summed E-state index contributed by atoms with van der Waals surface area (Å²) >= 11 is 3.64. The number of aromatic nitrogens is 2. The van der Waals surface area contributed by atoms with Crippen LogP contribution < -0.4 is 24.4 Å². The van der Waals surface area contributed by atoms with Crippen molar-refractivity contribution < 1.29 is 19.0 Å². The second kappa shape index (κ2) is 11.9. The van der Waals surface area contributed by atoms with Crippen LogP contribution in [-0.2, 0) is 9.53 Å². The van der Waals surface area contributed by atoms with Crippen LogP contribution in [0.3, 0.4) is 0 Å². The van der Waals surface area contributed by atoms with E-state index in [1.54, 1.807) is 50.8 Å². The average Bonchev–Trinajstić information content (AvgIpc) is 3.42. The minimum atomic E-state index is -0.811. The fourth-order valence-corrected chi connectivity index (χ4v) is 6.87. The van der Waals surface area contributed by atoms with Crippen molar-refractivity contribution in [2.24, 2.45) is 4.99 Å². The molecule has 10 heteroatoms. The third kappa shape index (κ3) is 5.22. The Labute approximate surface area is 261 Å². The number of rotatable bonds is 7. The Morgan fingerprint density at radius 1 is 1.07 bits per heavy atom. The number of hydrogen-bond acceptors (Lipinski definition) is 7. The van der Waals surface area contributed by atoms with Crippen LogP contribution in [0.15, 0.2) is 63.5 Å². The molecule has 218 valence electrons. The predicted octanol–water partition coefficient (Wildman–Crippen LogP) is 5.14. The van der Waals surface area contributed by atoms with Gasteiger partial charge in [0.05, 0.1) is 36.6 Å². The number of allylic oxidation sites excluding steroid dienone is 1. The Morgan fingerprint density at radius 2 is 1.83 bits per heavy atom. The summed E-state index contributed by atoms with van der Waals surface area (Å²) in [5.74, 6) is 0.561. The molecule has 2 aromatic heterocycles. The van der Waals surface area contributed by atoms with Crippen molar-refractivity contribution >= 4 is 46.0 Å². The summed E-state index contributed by atoms with van der Waals surface area (Å²) in [6.45, 7) is 9.91. The maximum atomic E-state index is 14.2. The first kappa shape index (κ1) is 29.8. The van der Waals surface area contributed by atoms with E-state index < -0.39 is 12.0 Å². The van der Waals surface area contributed by atoms with Crippen molar-refractivity contribution in [2.45, 2.75) is 40.7 Å². The van der Waals surface area contributed by atoms with Crippen molar-refractivity contribution in [1.29, 1.82) is 0 Å². The third-order valence-corrected chi connectivity index (χ3v) is 9.56. The molecule has 0 aliphatic carbocycles. The lowest BCUT2D eigenvalue weighted by atomic mass is 9.94. The first-order chi connectivity index (χ1) is 20.1. The smallest absolute Gasteiger partial charge is 0.338 e.